The maximum atomic E-state index is 13.3. The summed E-state index contributed by atoms with van der Waals surface area (Å²) in [7, 11) is 0. The third-order valence-electron chi connectivity index (χ3n) is 6.96. The number of carbonyl (C=O) groups excluding carboxylic acids is 1. The normalized spacial score (nSPS) is 16.0. The van der Waals surface area contributed by atoms with E-state index >= 15 is 0 Å². The van der Waals surface area contributed by atoms with Crippen molar-refractivity contribution in [2.45, 2.75) is 32.2 Å². The first-order valence-corrected chi connectivity index (χ1v) is 12.6. The van der Waals surface area contributed by atoms with E-state index in [1.165, 1.54) is 24.5 Å². The first-order valence-electron chi connectivity index (χ1n) is 12.6. The van der Waals surface area contributed by atoms with Gasteiger partial charge < -0.3 is 5.32 Å². The van der Waals surface area contributed by atoms with Crippen LogP contribution in [0, 0.1) is 0 Å². The smallest absolute Gasteiger partial charge is 0.276 e. The van der Waals surface area contributed by atoms with E-state index in [-0.39, 0.29) is 11.7 Å². The van der Waals surface area contributed by atoms with Crippen LogP contribution in [0.3, 0.4) is 0 Å². The molecule has 1 fully saturated rings. The van der Waals surface area contributed by atoms with E-state index in [4.69, 9.17) is 0 Å². The summed E-state index contributed by atoms with van der Waals surface area (Å²) in [6.07, 6.45) is 12.1. The number of nitrogens with one attached hydrogen (secondary N) is 2. The monoisotopic (exact) mass is 494 g/mol. The zero-order chi connectivity index (χ0) is 25.2. The first kappa shape index (κ1) is 23.2. The molecular weight excluding hydrogens is 467 g/mol. The highest BCUT2D eigenvalue weighted by atomic mass is 19.1. The molecule has 0 spiro atoms. The van der Waals surface area contributed by atoms with Gasteiger partial charge in [0.05, 0.1) is 23.1 Å². The number of benzene rings is 1. The largest absolute Gasteiger partial charge is 0.319 e. The van der Waals surface area contributed by atoms with Crippen molar-refractivity contribution < 1.29 is 9.18 Å². The van der Waals surface area contributed by atoms with E-state index in [0.717, 1.165) is 52.9 Å². The van der Waals surface area contributed by atoms with Gasteiger partial charge in [-0.2, -0.15) is 5.10 Å². The molecule has 4 heterocycles. The summed E-state index contributed by atoms with van der Waals surface area (Å²) in [5.41, 5.74) is 6.60. The molecule has 4 aromatic rings. The standard InChI is InChI=1S/C29H27FN6O/c30-23-6-3-20(4-7-23)26-10-8-24(17-32-26)33-29(37)28-25-14-21(5-9-27(25)34-35-28)22-13-19(15-31-16-22)18-36-11-1-2-12-36/h3,5-6,8-10,13-17H,1-2,4,7,11-12,18H2,(H,33,37)(H,34,35). The van der Waals surface area contributed by atoms with Gasteiger partial charge in [-0.15, -0.1) is 0 Å². The highest BCUT2D eigenvalue weighted by Crippen LogP contribution is 2.28. The molecule has 0 unspecified atom stereocenters. The molecule has 2 aliphatic rings. The molecule has 8 heteroatoms. The fourth-order valence-corrected chi connectivity index (χ4v) is 4.97. The number of halogens is 1. The Morgan fingerprint density at radius 1 is 1.00 bits per heavy atom. The maximum Gasteiger partial charge on any atom is 0.276 e. The van der Waals surface area contributed by atoms with Crippen LogP contribution in [0.4, 0.5) is 10.1 Å². The van der Waals surface area contributed by atoms with Gasteiger partial charge in [-0.25, -0.2) is 4.39 Å². The van der Waals surface area contributed by atoms with Gasteiger partial charge in [-0.1, -0.05) is 12.1 Å². The summed E-state index contributed by atoms with van der Waals surface area (Å²) in [5.74, 6) is -0.436. The van der Waals surface area contributed by atoms with Crippen molar-refractivity contribution in [1.29, 1.82) is 0 Å². The van der Waals surface area contributed by atoms with Crippen LogP contribution in [0.15, 0.2) is 73.0 Å². The van der Waals surface area contributed by atoms with Crippen molar-refractivity contribution in [3.63, 3.8) is 0 Å². The van der Waals surface area contributed by atoms with Crippen molar-refractivity contribution >= 4 is 28.1 Å². The third-order valence-corrected chi connectivity index (χ3v) is 6.96. The van der Waals surface area contributed by atoms with Gasteiger partial charge >= 0.3 is 0 Å². The van der Waals surface area contributed by atoms with Crippen LogP contribution in [0.25, 0.3) is 27.6 Å². The Kier molecular flexibility index (Phi) is 6.32. The zero-order valence-electron chi connectivity index (χ0n) is 20.4. The number of nitrogens with zero attached hydrogens (tertiary/aromatic N) is 4. The minimum Gasteiger partial charge on any atom is -0.319 e. The summed E-state index contributed by atoms with van der Waals surface area (Å²) in [6, 6.07) is 11.7. The lowest BCUT2D eigenvalue weighted by Crippen LogP contribution is -2.18. The van der Waals surface area contributed by atoms with E-state index in [1.54, 1.807) is 18.3 Å². The Labute approximate surface area is 214 Å². The Hall–Kier alpha value is -4.17. The molecule has 0 saturated carbocycles. The van der Waals surface area contributed by atoms with Crippen molar-refractivity contribution in [2.24, 2.45) is 0 Å². The number of hydrogen-bond donors (Lipinski definition) is 2. The van der Waals surface area contributed by atoms with Crippen molar-refractivity contribution in [1.82, 2.24) is 25.1 Å². The summed E-state index contributed by atoms with van der Waals surface area (Å²) >= 11 is 0. The molecular formula is C29H27FN6O. The van der Waals surface area contributed by atoms with E-state index in [9.17, 15) is 9.18 Å². The van der Waals surface area contributed by atoms with Gasteiger partial charge in [0, 0.05) is 36.3 Å². The van der Waals surface area contributed by atoms with E-state index < -0.39 is 0 Å². The molecule has 1 aliphatic carbocycles. The van der Waals surface area contributed by atoms with E-state index in [0.29, 0.717) is 24.2 Å². The van der Waals surface area contributed by atoms with Crippen LogP contribution in [-0.4, -0.2) is 44.1 Å². The van der Waals surface area contributed by atoms with Crippen LogP contribution in [0.5, 0.6) is 0 Å². The number of anilines is 1. The lowest BCUT2D eigenvalue weighted by Gasteiger charge is -2.14. The molecule has 7 nitrogen and oxygen atoms in total. The van der Waals surface area contributed by atoms with Gasteiger partial charge in [0.15, 0.2) is 5.69 Å². The molecule has 6 rings (SSSR count). The summed E-state index contributed by atoms with van der Waals surface area (Å²) in [6.45, 7) is 3.17. The lowest BCUT2D eigenvalue weighted by molar-refractivity contribution is 0.102. The number of fused-ring (bicyclic) bond motifs is 1. The number of hydrogen-bond acceptors (Lipinski definition) is 5. The van der Waals surface area contributed by atoms with Crippen molar-refractivity contribution in [3.05, 3.63) is 89.9 Å². The SMILES string of the molecule is O=C(Nc1ccc(C2=CC=C(F)CC2)nc1)c1n[nH]c2ccc(-c3cncc(CN4CCCC4)c3)cc12. The van der Waals surface area contributed by atoms with Gasteiger partial charge in [0.25, 0.3) is 5.91 Å². The fraction of sp³-hybridized carbons (Fsp3) is 0.241. The average molecular weight is 495 g/mol. The first-order chi connectivity index (χ1) is 18.1. The number of H-pyrrole nitrogens is 1. The topological polar surface area (TPSA) is 86.8 Å². The summed E-state index contributed by atoms with van der Waals surface area (Å²) in [4.78, 5) is 24.5. The van der Waals surface area contributed by atoms with Crippen LogP contribution >= 0.6 is 0 Å². The molecule has 3 aromatic heterocycles. The molecule has 1 saturated heterocycles. The zero-order valence-corrected chi connectivity index (χ0v) is 20.4. The molecule has 1 aromatic carbocycles. The molecule has 0 radical (unpaired) electrons. The summed E-state index contributed by atoms with van der Waals surface area (Å²) < 4.78 is 13.3. The van der Waals surface area contributed by atoms with Crippen LogP contribution in [0.1, 0.15) is 47.4 Å². The molecule has 2 N–H and O–H groups in total. The second kappa shape index (κ2) is 10.1. The average Bonchev–Trinajstić information content (AvgIpc) is 3.59. The highest BCUT2D eigenvalue weighted by Gasteiger charge is 2.17. The minimum atomic E-state index is -0.319. The molecule has 0 bridgehead atoms. The van der Waals surface area contributed by atoms with Crippen molar-refractivity contribution in [3.8, 4) is 11.1 Å². The molecule has 1 aliphatic heterocycles. The van der Waals surface area contributed by atoms with Gasteiger partial charge in [-0.05, 0) is 85.5 Å². The predicted octanol–water partition coefficient (Wildman–Crippen LogP) is 5.90. The molecule has 37 heavy (non-hydrogen) atoms. The van der Waals surface area contributed by atoms with Crippen molar-refractivity contribution in [2.75, 3.05) is 18.4 Å². The Balaban J connectivity index is 1.21. The fourth-order valence-electron chi connectivity index (χ4n) is 4.97. The van der Waals surface area contributed by atoms with Gasteiger partial charge in [0.2, 0.25) is 0 Å². The van der Waals surface area contributed by atoms with Crippen LogP contribution < -0.4 is 5.32 Å². The highest BCUT2D eigenvalue weighted by molar-refractivity contribution is 6.11. The quantitative estimate of drug-likeness (QED) is 0.349. The number of aromatic amines is 1. The predicted molar refractivity (Wildman–Crippen MR) is 142 cm³/mol. The molecule has 186 valence electrons. The van der Waals surface area contributed by atoms with Crippen LogP contribution in [0.2, 0.25) is 0 Å². The number of likely N-dealkylation sites (tertiary alicyclic amines) is 1. The summed E-state index contributed by atoms with van der Waals surface area (Å²) in [5, 5.41) is 10.9. The van der Waals surface area contributed by atoms with E-state index in [2.05, 4.69) is 36.4 Å². The number of amides is 1. The molecule has 0 atom stereocenters. The molecule has 1 amide bonds. The number of aromatic nitrogens is 4. The Morgan fingerprint density at radius 3 is 2.68 bits per heavy atom. The Morgan fingerprint density at radius 2 is 1.89 bits per heavy atom. The number of rotatable bonds is 6. The third kappa shape index (κ3) is 5.06. The van der Waals surface area contributed by atoms with Gasteiger partial charge in [0.1, 0.15) is 5.83 Å². The maximum absolute atomic E-state index is 13.3. The number of pyridine rings is 2. The second-order valence-corrected chi connectivity index (χ2v) is 9.59. The Bertz CT molecular complexity index is 1520. The lowest BCUT2D eigenvalue weighted by atomic mass is 10.0. The van der Waals surface area contributed by atoms with Crippen LogP contribution in [-0.2, 0) is 6.54 Å². The number of allylic oxidation sites excluding steroid dienone is 4. The van der Waals surface area contributed by atoms with Gasteiger partial charge in [-0.3, -0.25) is 24.8 Å². The number of carbonyl (C=O) groups is 1. The minimum absolute atomic E-state index is 0.118. The van der Waals surface area contributed by atoms with E-state index in [1.807, 2.05) is 36.7 Å². The second-order valence-electron chi connectivity index (χ2n) is 9.59.